The van der Waals surface area contributed by atoms with E-state index in [1.54, 1.807) is 11.3 Å². The number of likely N-dealkylation sites (N-methyl/N-ethyl adjacent to an activating group) is 1. The number of hydrogen-bond acceptors (Lipinski definition) is 4. The number of nitrogens with one attached hydrogen (secondary N) is 1. The minimum Gasteiger partial charge on any atom is -0.313 e. The molecular weight excluding hydrogens is 218 g/mol. The molecule has 4 heteroatoms. The zero-order valence-corrected chi connectivity index (χ0v) is 11.0. The number of thiazole rings is 1. The summed E-state index contributed by atoms with van der Waals surface area (Å²) < 4.78 is 0. The van der Waals surface area contributed by atoms with E-state index in [2.05, 4.69) is 34.6 Å². The van der Waals surface area contributed by atoms with Crippen LogP contribution in [-0.4, -0.2) is 36.1 Å². The molecule has 90 valence electrons. The number of rotatable bonds is 4. The molecule has 2 rings (SSSR count). The molecular formula is C12H21N3S. The molecule has 0 aliphatic carbocycles. The predicted octanol–water partition coefficient (Wildman–Crippen LogP) is 2.28. The summed E-state index contributed by atoms with van der Waals surface area (Å²) >= 11 is 1.75. The lowest BCUT2D eigenvalue weighted by molar-refractivity contribution is 0.214. The van der Waals surface area contributed by atoms with Crippen LogP contribution >= 0.6 is 11.3 Å². The van der Waals surface area contributed by atoms with Crippen molar-refractivity contribution < 1.29 is 0 Å². The average Bonchev–Trinajstić information content (AvgIpc) is 2.83. The van der Waals surface area contributed by atoms with Gasteiger partial charge in [-0.25, -0.2) is 4.98 Å². The fraction of sp³-hybridized carbons (Fsp3) is 0.750. The van der Waals surface area contributed by atoms with E-state index < -0.39 is 0 Å². The van der Waals surface area contributed by atoms with Gasteiger partial charge in [-0.1, -0.05) is 6.42 Å². The molecule has 1 aromatic rings. The molecule has 0 amide bonds. The third-order valence-corrected chi connectivity index (χ3v) is 4.34. The van der Waals surface area contributed by atoms with E-state index in [1.807, 2.05) is 6.20 Å². The van der Waals surface area contributed by atoms with Crippen molar-refractivity contribution in [2.45, 2.75) is 38.3 Å². The zero-order valence-electron chi connectivity index (χ0n) is 10.1. The van der Waals surface area contributed by atoms with Crippen LogP contribution in [-0.2, 0) is 0 Å². The molecule has 1 aliphatic heterocycles. The fourth-order valence-electron chi connectivity index (χ4n) is 2.21. The van der Waals surface area contributed by atoms with E-state index in [9.17, 15) is 0 Å². The Hall–Kier alpha value is -0.450. The van der Waals surface area contributed by atoms with Crippen LogP contribution in [0, 0.1) is 0 Å². The Morgan fingerprint density at radius 3 is 3.12 bits per heavy atom. The fourth-order valence-corrected chi connectivity index (χ4v) is 2.97. The molecule has 0 radical (unpaired) electrons. The summed E-state index contributed by atoms with van der Waals surface area (Å²) in [6, 6.07) is 1.10. The Morgan fingerprint density at radius 2 is 2.50 bits per heavy atom. The van der Waals surface area contributed by atoms with Crippen molar-refractivity contribution in [3.8, 4) is 0 Å². The van der Waals surface area contributed by atoms with Crippen molar-refractivity contribution in [1.82, 2.24) is 15.2 Å². The van der Waals surface area contributed by atoms with Crippen molar-refractivity contribution >= 4 is 11.3 Å². The molecule has 1 fully saturated rings. The van der Waals surface area contributed by atoms with Crippen LogP contribution in [0.1, 0.15) is 37.2 Å². The average molecular weight is 239 g/mol. The Bertz CT molecular complexity index is 293. The molecule has 0 bridgehead atoms. The number of piperidine rings is 1. The van der Waals surface area contributed by atoms with Crippen LogP contribution in [0.4, 0.5) is 0 Å². The first-order valence-electron chi connectivity index (χ1n) is 6.10. The monoisotopic (exact) mass is 239 g/mol. The van der Waals surface area contributed by atoms with E-state index in [1.165, 1.54) is 30.8 Å². The minimum atomic E-state index is 0.434. The van der Waals surface area contributed by atoms with E-state index >= 15 is 0 Å². The SMILES string of the molecule is C[C@@H](c1nccs1)N(C)C[C@@H]1CCCCN1. The quantitative estimate of drug-likeness (QED) is 0.873. The largest absolute Gasteiger partial charge is 0.313 e. The second-order valence-electron chi connectivity index (χ2n) is 4.63. The van der Waals surface area contributed by atoms with Gasteiger partial charge in [0.15, 0.2) is 0 Å². The molecule has 2 heterocycles. The maximum absolute atomic E-state index is 4.39. The van der Waals surface area contributed by atoms with Gasteiger partial charge in [0.25, 0.3) is 0 Å². The second-order valence-corrected chi connectivity index (χ2v) is 5.56. The zero-order chi connectivity index (χ0) is 11.4. The number of hydrogen-bond donors (Lipinski definition) is 1. The Morgan fingerprint density at radius 1 is 1.62 bits per heavy atom. The summed E-state index contributed by atoms with van der Waals surface area (Å²) in [4.78, 5) is 6.79. The van der Waals surface area contributed by atoms with Crippen molar-refractivity contribution in [1.29, 1.82) is 0 Å². The molecule has 1 aromatic heterocycles. The van der Waals surface area contributed by atoms with E-state index in [4.69, 9.17) is 0 Å². The maximum Gasteiger partial charge on any atom is 0.109 e. The lowest BCUT2D eigenvalue weighted by Crippen LogP contribution is -2.43. The van der Waals surface area contributed by atoms with Crippen molar-refractivity contribution in [2.24, 2.45) is 0 Å². The summed E-state index contributed by atoms with van der Waals surface area (Å²) in [6.07, 6.45) is 5.91. The van der Waals surface area contributed by atoms with Gasteiger partial charge in [0.2, 0.25) is 0 Å². The third kappa shape index (κ3) is 3.03. The highest BCUT2D eigenvalue weighted by Gasteiger charge is 2.19. The van der Waals surface area contributed by atoms with Crippen LogP contribution in [0.2, 0.25) is 0 Å². The van der Waals surface area contributed by atoms with Gasteiger partial charge in [-0.2, -0.15) is 0 Å². The molecule has 3 nitrogen and oxygen atoms in total. The maximum atomic E-state index is 4.39. The Labute approximate surface area is 102 Å². The number of nitrogens with zero attached hydrogens (tertiary/aromatic N) is 2. The molecule has 16 heavy (non-hydrogen) atoms. The highest BCUT2D eigenvalue weighted by atomic mass is 32.1. The van der Waals surface area contributed by atoms with E-state index in [-0.39, 0.29) is 0 Å². The number of aromatic nitrogens is 1. The van der Waals surface area contributed by atoms with Gasteiger partial charge in [-0.3, -0.25) is 4.90 Å². The van der Waals surface area contributed by atoms with Crippen molar-refractivity contribution in [3.05, 3.63) is 16.6 Å². The normalized spacial score (nSPS) is 23.6. The summed E-state index contributed by atoms with van der Waals surface area (Å²) in [5.41, 5.74) is 0. The van der Waals surface area contributed by atoms with Gasteiger partial charge in [0, 0.05) is 24.2 Å². The first-order valence-corrected chi connectivity index (χ1v) is 6.98. The summed E-state index contributed by atoms with van der Waals surface area (Å²) in [7, 11) is 2.20. The van der Waals surface area contributed by atoms with Crippen LogP contribution in [0.15, 0.2) is 11.6 Å². The highest BCUT2D eigenvalue weighted by Crippen LogP contribution is 2.21. The smallest absolute Gasteiger partial charge is 0.109 e. The Balaban J connectivity index is 1.84. The lowest BCUT2D eigenvalue weighted by atomic mass is 10.0. The van der Waals surface area contributed by atoms with E-state index in [0.717, 1.165) is 6.54 Å². The van der Waals surface area contributed by atoms with Gasteiger partial charge in [0.05, 0.1) is 6.04 Å². The van der Waals surface area contributed by atoms with Crippen LogP contribution < -0.4 is 5.32 Å². The van der Waals surface area contributed by atoms with Crippen molar-refractivity contribution in [3.63, 3.8) is 0 Å². The third-order valence-electron chi connectivity index (χ3n) is 3.39. The van der Waals surface area contributed by atoms with Crippen LogP contribution in [0.3, 0.4) is 0 Å². The van der Waals surface area contributed by atoms with Crippen molar-refractivity contribution in [2.75, 3.05) is 20.1 Å². The van der Waals surface area contributed by atoms with E-state index in [0.29, 0.717) is 12.1 Å². The first-order chi connectivity index (χ1) is 7.77. The van der Waals surface area contributed by atoms with Gasteiger partial charge < -0.3 is 5.32 Å². The van der Waals surface area contributed by atoms with Crippen LogP contribution in [0.5, 0.6) is 0 Å². The second kappa shape index (κ2) is 5.75. The topological polar surface area (TPSA) is 28.2 Å². The molecule has 0 aromatic carbocycles. The first kappa shape index (κ1) is 12.0. The molecule has 1 aliphatic rings. The predicted molar refractivity (Wildman–Crippen MR) is 68.8 cm³/mol. The van der Waals surface area contributed by atoms with Gasteiger partial charge >= 0.3 is 0 Å². The molecule has 1 saturated heterocycles. The van der Waals surface area contributed by atoms with Gasteiger partial charge in [-0.15, -0.1) is 11.3 Å². The summed E-state index contributed by atoms with van der Waals surface area (Å²) in [5, 5.41) is 6.87. The van der Waals surface area contributed by atoms with Crippen LogP contribution in [0.25, 0.3) is 0 Å². The summed E-state index contributed by atoms with van der Waals surface area (Å²) in [6.45, 7) is 4.55. The molecule has 0 saturated carbocycles. The van der Waals surface area contributed by atoms with Gasteiger partial charge in [0.1, 0.15) is 5.01 Å². The lowest BCUT2D eigenvalue weighted by Gasteiger charge is -2.30. The molecule has 2 atom stereocenters. The van der Waals surface area contributed by atoms with Gasteiger partial charge in [-0.05, 0) is 33.4 Å². The highest BCUT2D eigenvalue weighted by molar-refractivity contribution is 7.09. The molecule has 1 N–H and O–H groups in total. The minimum absolute atomic E-state index is 0.434. The molecule has 0 spiro atoms. The Kier molecular flexibility index (Phi) is 4.32. The summed E-state index contributed by atoms with van der Waals surface area (Å²) in [5.74, 6) is 0. The standard InChI is InChI=1S/C12H21N3S/c1-10(12-14-7-8-16-12)15(2)9-11-5-3-4-6-13-11/h7-8,10-11,13H,3-6,9H2,1-2H3/t10-,11-/m0/s1. The molecule has 0 unspecified atom stereocenters.